The molecule has 0 saturated heterocycles. The maximum absolute atomic E-state index is 5.47. The number of hydrogen-bond donors (Lipinski definition) is 1. The number of methoxy groups -OCH3 is 1. The molecule has 4 heteroatoms. The third kappa shape index (κ3) is 1.97. The Morgan fingerprint density at radius 2 is 2.16 bits per heavy atom. The number of ether oxygens (including phenoxy) is 1. The lowest BCUT2D eigenvalue weighted by Gasteiger charge is -2.16. The maximum Gasteiger partial charge on any atom is 0.203 e. The van der Waals surface area contributed by atoms with E-state index in [2.05, 4.69) is 35.9 Å². The highest BCUT2D eigenvalue weighted by molar-refractivity contribution is 5.71. The zero-order chi connectivity index (χ0) is 13.4. The van der Waals surface area contributed by atoms with Crippen molar-refractivity contribution < 1.29 is 4.74 Å². The van der Waals surface area contributed by atoms with Crippen molar-refractivity contribution in [3.05, 3.63) is 29.5 Å². The lowest BCUT2D eigenvalue weighted by Crippen LogP contribution is -2.17. The van der Waals surface area contributed by atoms with Crippen LogP contribution in [0, 0.1) is 13.8 Å². The molecule has 1 aliphatic rings. The van der Waals surface area contributed by atoms with Crippen molar-refractivity contribution in [3.8, 4) is 17.0 Å². The minimum Gasteiger partial charge on any atom is -0.496 e. The van der Waals surface area contributed by atoms with Crippen LogP contribution in [0.4, 0.5) is 5.95 Å². The molecular weight excluding hydrogens is 238 g/mol. The molecule has 100 valence electrons. The Kier molecular flexibility index (Phi) is 2.93. The first-order valence-electron chi connectivity index (χ1n) is 6.66. The largest absolute Gasteiger partial charge is 0.496 e. The molecule has 0 unspecified atom stereocenters. The van der Waals surface area contributed by atoms with E-state index in [1.54, 1.807) is 7.11 Å². The van der Waals surface area contributed by atoms with Gasteiger partial charge < -0.3 is 14.6 Å². The second-order valence-electron chi connectivity index (χ2n) is 5.01. The Balaban J connectivity index is 2.17. The molecular formula is C15H19N3O. The van der Waals surface area contributed by atoms with E-state index in [1.165, 1.54) is 11.3 Å². The molecule has 0 fully saturated rings. The average Bonchev–Trinajstić information content (AvgIpc) is 2.76. The summed E-state index contributed by atoms with van der Waals surface area (Å²) in [7, 11) is 1.71. The van der Waals surface area contributed by atoms with Crippen molar-refractivity contribution in [1.29, 1.82) is 0 Å². The van der Waals surface area contributed by atoms with Crippen LogP contribution in [0.1, 0.15) is 17.7 Å². The molecule has 0 spiro atoms. The predicted molar refractivity (Wildman–Crippen MR) is 76.8 cm³/mol. The van der Waals surface area contributed by atoms with Gasteiger partial charge in [-0.1, -0.05) is 11.6 Å². The molecule has 0 atom stereocenters. The number of imidazole rings is 1. The first-order chi connectivity index (χ1) is 9.20. The summed E-state index contributed by atoms with van der Waals surface area (Å²) in [4.78, 5) is 4.74. The van der Waals surface area contributed by atoms with Gasteiger partial charge in [-0.2, -0.15) is 0 Å². The lowest BCUT2D eigenvalue weighted by molar-refractivity contribution is 0.416. The number of fused-ring (bicyclic) bond motifs is 1. The summed E-state index contributed by atoms with van der Waals surface area (Å²) in [6.45, 7) is 6.25. The zero-order valence-corrected chi connectivity index (χ0v) is 11.7. The smallest absolute Gasteiger partial charge is 0.203 e. The second kappa shape index (κ2) is 4.61. The first-order valence-corrected chi connectivity index (χ1v) is 6.66. The Morgan fingerprint density at radius 1 is 1.32 bits per heavy atom. The van der Waals surface area contributed by atoms with Gasteiger partial charge in [0.1, 0.15) is 5.75 Å². The van der Waals surface area contributed by atoms with Crippen LogP contribution in [0.2, 0.25) is 0 Å². The first kappa shape index (κ1) is 12.1. The van der Waals surface area contributed by atoms with Gasteiger partial charge in [0, 0.05) is 24.3 Å². The lowest BCUT2D eigenvalue weighted by atomic mass is 10.1. The van der Waals surface area contributed by atoms with Crippen LogP contribution in [0.15, 0.2) is 18.2 Å². The van der Waals surface area contributed by atoms with E-state index in [4.69, 9.17) is 9.72 Å². The molecule has 3 rings (SSSR count). The highest BCUT2D eigenvalue weighted by Gasteiger charge is 2.19. The molecule has 0 radical (unpaired) electrons. The van der Waals surface area contributed by atoms with Gasteiger partial charge in [0.05, 0.1) is 12.8 Å². The highest BCUT2D eigenvalue weighted by Crippen LogP contribution is 2.34. The number of aromatic nitrogens is 2. The number of nitrogens with zero attached hydrogens (tertiary/aromatic N) is 2. The number of aryl methyl sites for hydroxylation is 1. The normalized spacial score (nSPS) is 13.8. The van der Waals surface area contributed by atoms with Gasteiger partial charge in [0.25, 0.3) is 0 Å². The molecule has 0 aliphatic carbocycles. The summed E-state index contributed by atoms with van der Waals surface area (Å²) in [5.74, 6) is 1.85. The van der Waals surface area contributed by atoms with Crippen LogP contribution >= 0.6 is 0 Å². The fraction of sp³-hybridized carbons (Fsp3) is 0.400. The second-order valence-corrected chi connectivity index (χ2v) is 5.01. The van der Waals surface area contributed by atoms with Gasteiger partial charge in [0.15, 0.2) is 0 Å². The minimum atomic E-state index is 0.879. The molecule has 1 aromatic carbocycles. The van der Waals surface area contributed by atoms with E-state index in [-0.39, 0.29) is 0 Å². The number of rotatable bonds is 2. The Labute approximate surface area is 113 Å². The standard InChI is InChI=1S/C15H19N3O/c1-10-5-6-13(19-3)12(9-10)14-11(2)18-8-4-7-16-15(18)17-14/h5-6,9H,4,7-8H2,1-3H3,(H,16,17). The van der Waals surface area contributed by atoms with Crippen LogP contribution < -0.4 is 10.1 Å². The fourth-order valence-corrected chi connectivity index (χ4v) is 2.64. The molecule has 1 aliphatic heterocycles. The summed E-state index contributed by atoms with van der Waals surface area (Å²) in [6.07, 6.45) is 1.15. The van der Waals surface area contributed by atoms with Crippen LogP contribution in [-0.2, 0) is 6.54 Å². The molecule has 0 saturated carbocycles. The molecule has 4 nitrogen and oxygen atoms in total. The van der Waals surface area contributed by atoms with Gasteiger partial charge in [-0.05, 0) is 32.4 Å². The third-order valence-electron chi connectivity index (χ3n) is 3.67. The number of nitrogens with one attached hydrogen (secondary N) is 1. The molecule has 0 bridgehead atoms. The Bertz CT molecular complexity index is 616. The van der Waals surface area contributed by atoms with Gasteiger partial charge in [-0.15, -0.1) is 0 Å². The van der Waals surface area contributed by atoms with E-state index in [0.717, 1.165) is 42.5 Å². The van der Waals surface area contributed by atoms with E-state index in [1.807, 2.05) is 6.07 Å². The van der Waals surface area contributed by atoms with Crippen molar-refractivity contribution >= 4 is 5.95 Å². The van der Waals surface area contributed by atoms with Crippen molar-refractivity contribution in [2.24, 2.45) is 0 Å². The summed E-state index contributed by atoms with van der Waals surface area (Å²) < 4.78 is 7.72. The topological polar surface area (TPSA) is 39.1 Å². The summed E-state index contributed by atoms with van der Waals surface area (Å²) in [5.41, 5.74) is 4.51. The van der Waals surface area contributed by atoms with E-state index in [9.17, 15) is 0 Å². The van der Waals surface area contributed by atoms with Crippen molar-refractivity contribution in [1.82, 2.24) is 9.55 Å². The van der Waals surface area contributed by atoms with Crippen LogP contribution in [0.3, 0.4) is 0 Å². The van der Waals surface area contributed by atoms with Gasteiger partial charge in [-0.3, -0.25) is 0 Å². The maximum atomic E-state index is 5.47. The summed E-state index contributed by atoms with van der Waals surface area (Å²) in [5, 5.41) is 3.36. The van der Waals surface area contributed by atoms with Crippen LogP contribution in [0.5, 0.6) is 5.75 Å². The predicted octanol–water partition coefficient (Wildman–Crippen LogP) is 2.99. The average molecular weight is 257 g/mol. The minimum absolute atomic E-state index is 0.879. The fourth-order valence-electron chi connectivity index (χ4n) is 2.64. The quantitative estimate of drug-likeness (QED) is 0.899. The molecule has 0 amide bonds. The molecule has 2 heterocycles. The van der Waals surface area contributed by atoms with E-state index in [0.29, 0.717) is 0 Å². The number of benzene rings is 1. The third-order valence-corrected chi connectivity index (χ3v) is 3.67. The number of hydrogen-bond acceptors (Lipinski definition) is 3. The zero-order valence-electron chi connectivity index (χ0n) is 11.7. The van der Waals surface area contributed by atoms with Gasteiger partial charge >= 0.3 is 0 Å². The van der Waals surface area contributed by atoms with Crippen molar-refractivity contribution in [3.63, 3.8) is 0 Å². The monoisotopic (exact) mass is 257 g/mol. The molecule has 1 N–H and O–H groups in total. The van der Waals surface area contributed by atoms with Gasteiger partial charge in [-0.25, -0.2) is 4.98 Å². The van der Waals surface area contributed by atoms with E-state index >= 15 is 0 Å². The van der Waals surface area contributed by atoms with Crippen LogP contribution in [-0.4, -0.2) is 23.2 Å². The van der Waals surface area contributed by atoms with E-state index < -0.39 is 0 Å². The molecule has 1 aromatic heterocycles. The SMILES string of the molecule is COc1ccc(C)cc1-c1nc2n(c1C)CCCN2. The molecule has 2 aromatic rings. The Morgan fingerprint density at radius 3 is 2.89 bits per heavy atom. The van der Waals surface area contributed by atoms with Crippen LogP contribution in [0.25, 0.3) is 11.3 Å². The summed E-state index contributed by atoms with van der Waals surface area (Å²) in [6, 6.07) is 6.21. The Hall–Kier alpha value is -1.97. The van der Waals surface area contributed by atoms with Gasteiger partial charge in [0.2, 0.25) is 5.95 Å². The number of anilines is 1. The molecule has 19 heavy (non-hydrogen) atoms. The highest BCUT2D eigenvalue weighted by atomic mass is 16.5. The summed E-state index contributed by atoms with van der Waals surface area (Å²) >= 11 is 0. The van der Waals surface area contributed by atoms with Crippen molar-refractivity contribution in [2.45, 2.75) is 26.8 Å². The van der Waals surface area contributed by atoms with Crippen molar-refractivity contribution in [2.75, 3.05) is 19.0 Å².